The van der Waals surface area contributed by atoms with E-state index < -0.39 is 0 Å². The monoisotopic (exact) mass is 878 g/mol. The molecule has 67 heavy (non-hydrogen) atoms. The quantitative estimate of drug-likeness (QED) is 0.145. The summed E-state index contributed by atoms with van der Waals surface area (Å²) in [6.07, 6.45) is 1.95. The molecule has 2 aromatic heterocycles. The molecule has 1 aliphatic rings. The maximum absolute atomic E-state index is 6.88. The number of anilines is 4. The van der Waals surface area contributed by atoms with Crippen molar-refractivity contribution < 1.29 is 4.74 Å². The summed E-state index contributed by atoms with van der Waals surface area (Å²) in [5.41, 5.74) is 14.1. The average molecular weight is 879 g/mol. The lowest BCUT2D eigenvalue weighted by Crippen LogP contribution is -2.25. The molecule has 5 heteroatoms. The van der Waals surface area contributed by atoms with Crippen LogP contribution in [-0.2, 0) is 21.7 Å². The fourth-order valence-electron chi connectivity index (χ4n) is 9.81. The van der Waals surface area contributed by atoms with Gasteiger partial charge in [-0.05, 0) is 117 Å². The van der Waals surface area contributed by atoms with Crippen LogP contribution in [0.25, 0.3) is 27.6 Å². The number of hydrogen-bond donors (Lipinski definition) is 0. The first-order chi connectivity index (χ1) is 32.0. The molecule has 0 radical (unpaired) electrons. The largest absolute Gasteiger partial charge is 0.457 e. The predicted molar refractivity (Wildman–Crippen MR) is 282 cm³/mol. The molecule has 9 aromatic rings. The van der Waals surface area contributed by atoms with Crippen molar-refractivity contribution in [2.75, 3.05) is 16.5 Å². The molecule has 0 amide bonds. The topological polar surface area (TPSA) is 33.5 Å². The number of nitrogens with zero attached hydrogens (tertiary/aromatic N) is 4. The molecule has 0 saturated heterocycles. The van der Waals surface area contributed by atoms with Gasteiger partial charge in [-0.15, -0.1) is 0 Å². The van der Waals surface area contributed by atoms with Gasteiger partial charge in [-0.3, -0.25) is 4.57 Å². The number of fused-ring (bicyclic) bond motifs is 4. The molecule has 10 rings (SSSR count). The number of aromatic nitrogens is 2. The van der Waals surface area contributed by atoms with E-state index in [9.17, 15) is 0 Å². The summed E-state index contributed by atoms with van der Waals surface area (Å²) in [5, 5.41) is 2.33. The Kier molecular flexibility index (Phi) is 10.7. The third kappa shape index (κ3) is 8.05. The van der Waals surface area contributed by atoms with Crippen LogP contribution in [0.2, 0.25) is 0 Å². The van der Waals surface area contributed by atoms with Gasteiger partial charge in [-0.1, -0.05) is 160 Å². The van der Waals surface area contributed by atoms with Crippen LogP contribution in [0, 0.1) is 0 Å². The zero-order valence-electron chi connectivity index (χ0n) is 40.7. The maximum Gasteiger partial charge on any atom is 0.137 e. The minimum Gasteiger partial charge on any atom is -0.457 e. The molecule has 3 heterocycles. The maximum atomic E-state index is 6.88. The Balaban J connectivity index is 1.04. The highest BCUT2D eigenvalue weighted by Gasteiger charge is 2.31. The number of pyridine rings is 1. The minimum absolute atomic E-state index is 0.0139. The van der Waals surface area contributed by atoms with Gasteiger partial charge >= 0.3 is 0 Å². The van der Waals surface area contributed by atoms with Crippen molar-refractivity contribution in [1.82, 2.24) is 9.55 Å². The summed E-state index contributed by atoms with van der Waals surface area (Å²) < 4.78 is 9.19. The van der Waals surface area contributed by atoms with Crippen LogP contribution in [0.3, 0.4) is 0 Å². The van der Waals surface area contributed by atoms with Crippen molar-refractivity contribution in [3.8, 4) is 17.3 Å². The molecule has 0 aliphatic carbocycles. The van der Waals surface area contributed by atoms with Crippen molar-refractivity contribution >= 4 is 44.6 Å². The van der Waals surface area contributed by atoms with Gasteiger partial charge in [0.15, 0.2) is 0 Å². The normalized spacial score (nSPS) is 13.4. The Hall–Kier alpha value is -7.11. The van der Waals surface area contributed by atoms with Gasteiger partial charge in [-0.25, -0.2) is 4.98 Å². The fourth-order valence-corrected chi connectivity index (χ4v) is 9.81. The van der Waals surface area contributed by atoms with E-state index in [0.717, 1.165) is 39.4 Å². The first-order valence-corrected chi connectivity index (χ1v) is 23.7. The molecule has 0 fully saturated rings. The van der Waals surface area contributed by atoms with Crippen LogP contribution in [0.15, 0.2) is 182 Å². The summed E-state index contributed by atoms with van der Waals surface area (Å²) in [4.78, 5) is 9.92. The molecule has 1 aliphatic heterocycles. The Morgan fingerprint density at radius 1 is 0.403 bits per heavy atom. The van der Waals surface area contributed by atoms with E-state index in [1.807, 2.05) is 6.20 Å². The standard InChI is InChI=1S/C62H62N4O/c1-59(2,3)46-34-47(60(4,5)6)36-49(35-46)65-41-64(55-26-17-18-27-56(55)65)48-24-19-25-50(39-48)67-51-29-30-52-53-37-44(61(7,8)42-20-13-11-14-21-42)28-31-54(53)66(57(52)40-51)58-38-45(32-33-63-58)62(9,10)43-22-15-12-16-23-43/h11-40H,41H2,1-10H3. The molecule has 0 unspecified atom stereocenters. The molecule has 5 nitrogen and oxygen atoms in total. The molecule has 0 saturated carbocycles. The second-order valence-electron chi connectivity index (χ2n) is 21.5. The molecular weight excluding hydrogens is 817 g/mol. The van der Waals surface area contributed by atoms with E-state index in [1.165, 1.54) is 55.8 Å². The predicted octanol–water partition coefficient (Wildman–Crippen LogP) is 16.5. The Bertz CT molecular complexity index is 3240. The summed E-state index contributed by atoms with van der Waals surface area (Å²) in [6.45, 7) is 23.7. The zero-order valence-corrected chi connectivity index (χ0v) is 40.7. The Morgan fingerprint density at radius 3 is 1.58 bits per heavy atom. The van der Waals surface area contributed by atoms with Crippen LogP contribution >= 0.6 is 0 Å². The summed E-state index contributed by atoms with van der Waals surface area (Å²) in [7, 11) is 0. The highest BCUT2D eigenvalue weighted by atomic mass is 16.5. The SMILES string of the molecule is CC(C)(C)c1cc(N2CN(c3cccc(Oc4ccc5c6cc(C(C)(C)c7ccccc7)ccc6n(-c6cc(C(C)(C)c7ccccc7)ccn6)c5c4)c3)c3ccccc32)cc(C(C)(C)C)c1. The Morgan fingerprint density at radius 2 is 0.970 bits per heavy atom. The lowest BCUT2D eigenvalue weighted by Gasteiger charge is -2.29. The van der Waals surface area contributed by atoms with Gasteiger partial charge in [0.1, 0.15) is 24.0 Å². The van der Waals surface area contributed by atoms with Gasteiger partial charge in [0.05, 0.1) is 22.4 Å². The van der Waals surface area contributed by atoms with Crippen molar-refractivity contribution in [2.24, 2.45) is 0 Å². The van der Waals surface area contributed by atoms with Crippen molar-refractivity contribution in [1.29, 1.82) is 0 Å². The summed E-state index contributed by atoms with van der Waals surface area (Å²) in [5.74, 6) is 2.41. The third-order valence-electron chi connectivity index (χ3n) is 14.2. The number of ether oxygens (including phenoxy) is 1. The number of rotatable bonds is 9. The average Bonchev–Trinajstić information content (AvgIpc) is 3.87. The van der Waals surface area contributed by atoms with E-state index in [1.54, 1.807) is 0 Å². The molecule has 336 valence electrons. The van der Waals surface area contributed by atoms with E-state index in [-0.39, 0.29) is 21.7 Å². The van der Waals surface area contributed by atoms with Crippen LogP contribution in [0.4, 0.5) is 22.7 Å². The minimum atomic E-state index is -0.234. The molecule has 7 aromatic carbocycles. The number of benzene rings is 7. The van der Waals surface area contributed by atoms with Crippen LogP contribution in [0.1, 0.15) is 103 Å². The van der Waals surface area contributed by atoms with Gasteiger partial charge in [0, 0.05) is 51.3 Å². The molecule has 0 bridgehead atoms. The molecule has 0 atom stereocenters. The second kappa shape index (κ2) is 16.3. The van der Waals surface area contributed by atoms with Gasteiger partial charge in [0.25, 0.3) is 0 Å². The summed E-state index contributed by atoms with van der Waals surface area (Å²) in [6, 6.07) is 63.8. The van der Waals surface area contributed by atoms with Gasteiger partial charge in [-0.2, -0.15) is 0 Å². The van der Waals surface area contributed by atoms with Crippen molar-refractivity contribution in [3.63, 3.8) is 0 Å². The van der Waals surface area contributed by atoms with E-state index in [4.69, 9.17) is 9.72 Å². The second-order valence-corrected chi connectivity index (χ2v) is 21.5. The van der Waals surface area contributed by atoms with Gasteiger partial charge in [0.2, 0.25) is 0 Å². The third-order valence-corrected chi connectivity index (χ3v) is 14.2. The summed E-state index contributed by atoms with van der Waals surface area (Å²) >= 11 is 0. The highest BCUT2D eigenvalue weighted by Crippen LogP contribution is 2.47. The van der Waals surface area contributed by atoms with Crippen LogP contribution in [0.5, 0.6) is 11.5 Å². The first-order valence-electron chi connectivity index (χ1n) is 23.7. The smallest absolute Gasteiger partial charge is 0.137 e. The fraction of sp³-hybridized carbons (Fsp3) is 0.242. The van der Waals surface area contributed by atoms with Crippen molar-refractivity contribution in [2.45, 2.75) is 90.9 Å². The van der Waals surface area contributed by atoms with E-state index >= 15 is 0 Å². The number of para-hydroxylation sites is 2. The number of hydrogen-bond acceptors (Lipinski definition) is 4. The highest BCUT2D eigenvalue weighted by molar-refractivity contribution is 6.10. The van der Waals surface area contributed by atoms with E-state index in [0.29, 0.717) is 6.67 Å². The van der Waals surface area contributed by atoms with E-state index in [2.05, 4.69) is 260 Å². The van der Waals surface area contributed by atoms with Crippen molar-refractivity contribution in [3.05, 3.63) is 216 Å². The van der Waals surface area contributed by atoms with Crippen LogP contribution in [-0.4, -0.2) is 16.2 Å². The zero-order chi connectivity index (χ0) is 46.9. The van der Waals surface area contributed by atoms with Gasteiger partial charge < -0.3 is 14.5 Å². The Labute approximate surface area is 397 Å². The molecule has 0 N–H and O–H groups in total. The first kappa shape index (κ1) is 43.8. The lowest BCUT2D eigenvalue weighted by molar-refractivity contribution is 0.483. The molecular formula is C62H62N4O. The lowest BCUT2D eigenvalue weighted by atomic mass is 9.78. The van der Waals surface area contributed by atoms with Crippen LogP contribution < -0.4 is 14.5 Å². The molecule has 0 spiro atoms.